The number of anilines is 1. The second kappa shape index (κ2) is 15.1. The molecule has 12 heteroatoms. The molecule has 0 fully saturated rings. The Balaban J connectivity index is 0.00000119. The first-order chi connectivity index (χ1) is 20.5. The number of esters is 1. The number of carbonyl (C=O) groups is 4. The standard InChI is InChI=1S/C29H30N4O6.C2H4O2/c1-3-37-25(34)16-22(19-7-5-4-6-8-19)32-27(35)21-13-14-23-24(15-21)39-29(28(36)33(23)2)38-17-18-9-11-20(12-10-18)26(30)31;1-2(3)4/h4-15,22,29H,3,16-17H2,1-2H3,(H3,30,31)(H,32,35);1H3,(H,3,4)/t22-,29?;/m0./s1. The fourth-order valence-electron chi connectivity index (χ4n) is 4.09. The van der Waals surface area contributed by atoms with E-state index in [2.05, 4.69) is 5.32 Å². The van der Waals surface area contributed by atoms with Crippen LogP contribution in [0.3, 0.4) is 0 Å². The Morgan fingerprint density at radius 1 is 1.07 bits per heavy atom. The number of nitrogens with one attached hydrogen (secondary N) is 2. The van der Waals surface area contributed by atoms with Crippen LogP contribution < -0.4 is 20.7 Å². The molecule has 226 valence electrons. The molecule has 43 heavy (non-hydrogen) atoms. The maximum atomic E-state index is 13.2. The van der Waals surface area contributed by atoms with Crippen LogP contribution in [-0.4, -0.2) is 54.6 Å². The van der Waals surface area contributed by atoms with Crippen molar-refractivity contribution in [2.45, 2.75) is 39.2 Å². The second-order valence-corrected chi connectivity index (χ2v) is 9.42. The number of ether oxygens (including phenoxy) is 3. The van der Waals surface area contributed by atoms with Crippen LogP contribution in [-0.2, 0) is 30.5 Å². The van der Waals surface area contributed by atoms with Gasteiger partial charge in [0.25, 0.3) is 24.1 Å². The van der Waals surface area contributed by atoms with E-state index >= 15 is 0 Å². The number of amides is 2. The van der Waals surface area contributed by atoms with Crippen LogP contribution in [0, 0.1) is 5.41 Å². The molecule has 12 nitrogen and oxygen atoms in total. The molecule has 2 atom stereocenters. The number of carbonyl (C=O) groups excluding carboxylic acids is 3. The molecular weight excluding hydrogens is 556 g/mol. The summed E-state index contributed by atoms with van der Waals surface area (Å²) in [4.78, 5) is 48.7. The Labute approximate surface area is 248 Å². The van der Waals surface area contributed by atoms with Crippen LogP contribution in [0.1, 0.15) is 53.4 Å². The van der Waals surface area contributed by atoms with Gasteiger partial charge in [-0.05, 0) is 36.2 Å². The number of hydrogen-bond donors (Lipinski definition) is 4. The molecule has 1 heterocycles. The van der Waals surface area contributed by atoms with Gasteiger partial charge in [0.1, 0.15) is 11.6 Å². The van der Waals surface area contributed by atoms with Crippen molar-refractivity contribution < 1.29 is 38.5 Å². The quantitative estimate of drug-likeness (QED) is 0.156. The van der Waals surface area contributed by atoms with Gasteiger partial charge in [-0.3, -0.25) is 24.6 Å². The van der Waals surface area contributed by atoms with Gasteiger partial charge in [0.05, 0.1) is 31.4 Å². The molecule has 3 aromatic carbocycles. The number of likely N-dealkylation sites (N-methyl/N-ethyl adjacent to an activating group) is 1. The van der Waals surface area contributed by atoms with Crippen molar-refractivity contribution in [3.63, 3.8) is 0 Å². The summed E-state index contributed by atoms with van der Waals surface area (Å²) in [5.41, 5.74) is 8.39. The number of aliphatic carboxylic acids is 1. The molecule has 1 aliphatic rings. The third kappa shape index (κ3) is 9.13. The van der Waals surface area contributed by atoms with Gasteiger partial charge < -0.3 is 35.3 Å². The number of benzene rings is 3. The number of carboxylic acid groups (broad SMARTS) is 1. The Hall–Kier alpha value is -5.23. The molecule has 0 saturated heterocycles. The lowest BCUT2D eigenvalue weighted by molar-refractivity contribution is -0.153. The molecule has 0 saturated carbocycles. The van der Waals surface area contributed by atoms with Crippen LogP contribution in [0.25, 0.3) is 0 Å². The summed E-state index contributed by atoms with van der Waals surface area (Å²) in [7, 11) is 1.60. The van der Waals surface area contributed by atoms with Crippen molar-refractivity contribution in [3.05, 3.63) is 95.1 Å². The van der Waals surface area contributed by atoms with Gasteiger partial charge in [-0.15, -0.1) is 0 Å². The van der Waals surface area contributed by atoms with Gasteiger partial charge in [0.15, 0.2) is 0 Å². The molecule has 5 N–H and O–H groups in total. The van der Waals surface area contributed by atoms with Crippen molar-refractivity contribution >= 4 is 35.3 Å². The minimum absolute atomic E-state index is 0.0222. The number of nitrogens with two attached hydrogens (primary N) is 1. The van der Waals surface area contributed by atoms with Crippen LogP contribution in [0.5, 0.6) is 5.75 Å². The fourth-order valence-corrected chi connectivity index (χ4v) is 4.09. The smallest absolute Gasteiger partial charge is 0.308 e. The summed E-state index contributed by atoms with van der Waals surface area (Å²) >= 11 is 0. The Bertz CT molecular complexity index is 1460. The molecule has 0 radical (unpaired) electrons. The van der Waals surface area contributed by atoms with Crippen LogP contribution in [0.2, 0.25) is 0 Å². The van der Waals surface area contributed by atoms with Gasteiger partial charge in [-0.25, -0.2) is 0 Å². The Morgan fingerprint density at radius 2 is 1.70 bits per heavy atom. The van der Waals surface area contributed by atoms with Crippen molar-refractivity contribution in [3.8, 4) is 5.75 Å². The molecule has 0 bridgehead atoms. The average Bonchev–Trinajstić information content (AvgIpc) is 2.98. The summed E-state index contributed by atoms with van der Waals surface area (Å²) in [6, 6.07) is 20.2. The monoisotopic (exact) mass is 590 g/mol. The van der Waals surface area contributed by atoms with Crippen molar-refractivity contribution in [1.82, 2.24) is 5.32 Å². The molecule has 0 spiro atoms. The van der Waals surface area contributed by atoms with E-state index in [4.69, 9.17) is 35.3 Å². The highest BCUT2D eigenvalue weighted by Gasteiger charge is 2.34. The summed E-state index contributed by atoms with van der Waals surface area (Å²) in [5.74, 6) is -1.79. The first kappa shape index (κ1) is 32.3. The number of carboxylic acids is 1. The van der Waals surface area contributed by atoms with Crippen molar-refractivity contribution in [2.24, 2.45) is 5.73 Å². The molecule has 0 aliphatic carbocycles. The normalized spacial score (nSPS) is 14.3. The van der Waals surface area contributed by atoms with E-state index in [1.54, 1.807) is 50.4 Å². The third-order valence-corrected chi connectivity index (χ3v) is 6.20. The second-order valence-electron chi connectivity index (χ2n) is 9.42. The SMILES string of the molecule is CC(=O)O.CCOC(=O)C[C@H](NC(=O)c1ccc2c(c1)OC(OCc1ccc(C(=N)N)cc1)C(=O)N2C)c1ccccc1. The van der Waals surface area contributed by atoms with Crippen molar-refractivity contribution in [1.29, 1.82) is 5.41 Å². The molecule has 0 aromatic heterocycles. The fraction of sp³-hybridized carbons (Fsp3) is 0.258. The Morgan fingerprint density at radius 3 is 2.30 bits per heavy atom. The highest BCUT2D eigenvalue weighted by Crippen LogP contribution is 2.35. The minimum atomic E-state index is -1.21. The lowest BCUT2D eigenvalue weighted by atomic mass is 10.0. The zero-order valence-electron chi connectivity index (χ0n) is 24.0. The van der Waals surface area contributed by atoms with Gasteiger partial charge in [-0.1, -0.05) is 54.6 Å². The summed E-state index contributed by atoms with van der Waals surface area (Å²) in [5, 5.41) is 17.8. The predicted octanol–water partition coefficient (Wildman–Crippen LogP) is 3.38. The topological polar surface area (TPSA) is 181 Å². The number of nitrogen functional groups attached to an aromatic ring is 1. The summed E-state index contributed by atoms with van der Waals surface area (Å²) < 4.78 is 16.7. The molecule has 3 aromatic rings. The highest BCUT2D eigenvalue weighted by molar-refractivity contribution is 6.01. The zero-order chi connectivity index (χ0) is 31.5. The lowest BCUT2D eigenvalue weighted by Crippen LogP contribution is -2.45. The van der Waals surface area contributed by atoms with E-state index in [0.29, 0.717) is 22.6 Å². The Kier molecular flexibility index (Phi) is 11.4. The zero-order valence-corrected chi connectivity index (χ0v) is 24.0. The largest absolute Gasteiger partial charge is 0.481 e. The molecular formula is C31H34N4O8. The van der Waals surface area contributed by atoms with E-state index in [9.17, 15) is 14.4 Å². The lowest BCUT2D eigenvalue weighted by Gasteiger charge is -2.32. The minimum Gasteiger partial charge on any atom is -0.481 e. The number of amidine groups is 1. The summed E-state index contributed by atoms with van der Waals surface area (Å²) in [6.07, 6.45) is -1.24. The first-order valence-corrected chi connectivity index (χ1v) is 13.3. The van der Waals surface area contributed by atoms with Gasteiger partial charge >= 0.3 is 5.97 Å². The van der Waals surface area contributed by atoms with E-state index in [1.807, 2.05) is 30.3 Å². The average molecular weight is 591 g/mol. The third-order valence-electron chi connectivity index (χ3n) is 6.20. The maximum absolute atomic E-state index is 13.2. The number of rotatable bonds is 10. The van der Waals surface area contributed by atoms with E-state index in [1.165, 1.54) is 11.0 Å². The van der Waals surface area contributed by atoms with E-state index in [-0.39, 0.29) is 25.5 Å². The highest BCUT2D eigenvalue weighted by atomic mass is 16.7. The number of hydrogen-bond acceptors (Lipinski definition) is 8. The number of fused-ring (bicyclic) bond motifs is 1. The van der Waals surface area contributed by atoms with Gasteiger partial charge in [0, 0.05) is 25.1 Å². The van der Waals surface area contributed by atoms with Crippen LogP contribution >= 0.6 is 0 Å². The first-order valence-electron chi connectivity index (χ1n) is 13.3. The van der Waals surface area contributed by atoms with Gasteiger partial charge in [0.2, 0.25) is 0 Å². The van der Waals surface area contributed by atoms with Crippen molar-refractivity contribution in [2.75, 3.05) is 18.6 Å². The van der Waals surface area contributed by atoms with E-state index < -0.39 is 36.1 Å². The van der Waals surface area contributed by atoms with E-state index in [0.717, 1.165) is 18.1 Å². The molecule has 1 aliphatic heterocycles. The molecule has 2 amide bonds. The maximum Gasteiger partial charge on any atom is 0.308 e. The summed E-state index contributed by atoms with van der Waals surface area (Å²) in [6.45, 7) is 3.14. The van der Waals surface area contributed by atoms with Crippen LogP contribution in [0.15, 0.2) is 72.8 Å². The number of nitrogens with zero attached hydrogens (tertiary/aromatic N) is 1. The van der Waals surface area contributed by atoms with Gasteiger partial charge in [-0.2, -0.15) is 0 Å². The molecule has 1 unspecified atom stereocenters. The predicted molar refractivity (Wildman–Crippen MR) is 158 cm³/mol. The molecule has 4 rings (SSSR count). The van der Waals surface area contributed by atoms with Crippen LogP contribution in [0.4, 0.5) is 5.69 Å².